The number of anilines is 1. The van der Waals surface area contributed by atoms with Crippen LogP contribution in [0.1, 0.15) is 20.7 Å². The molecule has 3 rings (SSSR count). The minimum absolute atomic E-state index is 0.126. The normalized spacial score (nSPS) is 10.2. The minimum Gasteiger partial charge on any atom is -0.495 e. The van der Waals surface area contributed by atoms with E-state index in [4.69, 9.17) is 32.7 Å². The van der Waals surface area contributed by atoms with Crippen molar-refractivity contribution in [1.29, 1.82) is 0 Å². The number of carbonyl (C=O) groups excluding carboxylic acids is 3. The monoisotopic (exact) mass is 487 g/mol. The van der Waals surface area contributed by atoms with E-state index in [-0.39, 0.29) is 23.5 Å². The highest BCUT2D eigenvalue weighted by molar-refractivity contribution is 6.31. The number of nitrogens with one attached hydrogen (secondary N) is 3. The van der Waals surface area contributed by atoms with Gasteiger partial charge in [0.05, 0.1) is 18.4 Å². The van der Waals surface area contributed by atoms with Crippen LogP contribution in [-0.2, 0) is 4.79 Å². The van der Waals surface area contributed by atoms with Gasteiger partial charge < -0.3 is 14.8 Å². The largest absolute Gasteiger partial charge is 0.495 e. The predicted molar refractivity (Wildman–Crippen MR) is 125 cm³/mol. The van der Waals surface area contributed by atoms with Gasteiger partial charge in [-0.3, -0.25) is 25.2 Å². The van der Waals surface area contributed by atoms with Crippen molar-refractivity contribution in [3.63, 3.8) is 0 Å². The Morgan fingerprint density at radius 1 is 0.818 bits per heavy atom. The van der Waals surface area contributed by atoms with Crippen LogP contribution in [-0.4, -0.2) is 31.4 Å². The number of benzene rings is 3. The first-order chi connectivity index (χ1) is 15.9. The van der Waals surface area contributed by atoms with Crippen molar-refractivity contribution >= 4 is 46.6 Å². The van der Waals surface area contributed by atoms with Gasteiger partial charge in [-0.1, -0.05) is 41.4 Å². The number of para-hydroxylation sites is 1. The van der Waals surface area contributed by atoms with Gasteiger partial charge in [-0.2, -0.15) is 0 Å². The maximum absolute atomic E-state index is 12.6. The topological polar surface area (TPSA) is 106 Å². The molecule has 10 heteroatoms. The van der Waals surface area contributed by atoms with Crippen molar-refractivity contribution in [2.24, 2.45) is 0 Å². The summed E-state index contributed by atoms with van der Waals surface area (Å²) in [6.45, 7) is -0.370. The molecule has 0 aromatic heterocycles. The minimum atomic E-state index is -0.624. The highest BCUT2D eigenvalue weighted by atomic mass is 35.5. The van der Waals surface area contributed by atoms with E-state index in [1.807, 2.05) is 0 Å². The SMILES string of the molecule is COc1cc(Cl)ccc1NC(=O)COc1ccccc1C(=O)NNC(=O)c1cccc(Cl)c1. The Bertz CT molecular complexity index is 1190. The molecule has 0 unspecified atom stereocenters. The molecule has 170 valence electrons. The van der Waals surface area contributed by atoms with Crippen LogP contribution in [0.25, 0.3) is 0 Å². The predicted octanol–water partition coefficient (Wildman–Crippen LogP) is 4.09. The fourth-order valence-electron chi connectivity index (χ4n) is 2.76. The molecule has 0 saturated heterocycles. The second-order valence-electron chi connectivity index (χ2n) is 6.60. The molecule has 0 spiro atoms. The molecule has 0 fully saturated rings. The van der Waals surface area contributed by atoms with Crippen molar-refractivity contribution in [1.82, 2.24) is 10.9 Å². The Labute approximate surface area is 199 Å². The number of hydrogen-bond donors (Lipinski definition) is 3. The molecule has 0 aliphatic heterocycles. The maximum atomic E-state index is 12.6. The smallest absolute Gasteiger partial charge is 0.273 e. The number of amides is 3. The standard InChI is InChI=1S/C23H19Cl2N3O5/c1-32-20-12-16(25)9-10-18(20)26-21(29)13-33-19-8-3-2-7-17(19)23(31)28-27-22(30)14-5-4-6-15(24)11-14/h2-12H,13H2,1H3,(H,26,29)(H,27,30)(H,28,31). The quantitative estimate of drug-likeness (QED) is 0.435. The third-order valence-corrected chi connectivity index (χ3v) is 4.77. The van der Waals surface area contributed by atoms with Gasteiger partial charge in [-0.25, -0.2) is 0 Å². The van der Waals surface area contributed by atoms with Gasteiger partial charge in [0.15, 0.2) is 6.61 Å². The van der Waals surface area contributed by atoms with Crippen molar-refractivity contribution in [3.05, 3.63) is 87.9 Å². The van der Waals surface area contributed by atoms with Crippen LogP contribution in [0.4, 0.5) is 5.69 Å². The zero-order chi connectivity index (χ0) is 23.8. The molecule has 3 aromatic carbocycles. The van der Waals surface area contributed by atoms with E-state index in [1.54, 1.807) is 48.5 Å². The zero-order valence-corrected chi connectivity index (χ0v) is 18.9. The lowest BCUT2D eigenvalue weighted by Gasteiger charge is -2.13. The molecule has 3 N–H and O–H groups in total. The van der Waals surface area contributed by atoms with Gasteiger partial charge in [-0.15, -0.1) is 0 Å². The lowest BCUT2D eigenvalue weighted by molar-refractivity contribution is -0.118. The second kappa shape index (κ2) is 11.2. The summed E-state index contributed by atoms with van der Waals surface area (Å²) < 4.78 is 10.7. The molecule has 33 heavy (non-hydrogen) atoms. The maximum Gasteiger partial charge on any atom is 0.273 e. The molecule has 0 radical (unpaired) electrons. The summed E-state index contributed by atoms with van der Waals surface area (Å²) in [7, 11) is 1.46. The molecule has 0 aliphatic carbocycles. The van der Waals surface area contributed by atoms with E-state index in [0.717, 1.165) is 0 Å². The Balaban J connectivity index is 1.60. The van der Waals surface area contributed by atoms with Gasteiger partial charge >= 0.3 is 0 Å². The van der Waals surface area contributed by atoms with Gasteiger partial charge in [-0.05, 0) is 42.5 Å². The van der Waals surface area contributed by atoms with E-state index in [2.05, 4.69) is 16.2 Å². The second-order valence-corrected chi connectivity index (χ2v) is 7.47. The molecule has 3 aromatic rings. The summed E-state index contributed by atoms with van der Waals surface area (Å²) in [5.41, 5.74) is 5.45. The third kappa shape index (κ3) is 6.61. The summed E-state index contributed by atoms with van der Waals surface area (Å²) in [5.74, 6) is -1.09. The fraction of sp³-hybridized carbons (Fsp3) is 0.0870. The summed E-state index contributed by atoms with van der Waals surface area (Å²) >= 11 is 11.8. The van der Waals surface area contributed by atoms with Crippen molar-refractivity contribution in [2.75, 3.05) is 19.0 Å². The Hall–Kier alpha value is -3.75. The number of hydrazine groups is 1. The van der Waals surface area contributed by atoms with E-state index in [0.29, 0.717) is 21.5 Å². The highest BCUT2D eigenvalue weighted by Gasteiger charge is 2.15. The Morgan fingerprint density at radius 2 is 1.55 bits per heavy atom. The van der Waals surface area contributed by atoms with Crippen molar-refractivity contribution < 1.29 is 23.9 Å². The number of rotatable bonds is 7. The average molecular weight is 488 g/mol. The zero-order valence-electron chi connectivity index (χ0n) is 17.4. The van der Waals surface area contributed by atoms with Gasteiger partial charge in [0.2, 0.25) is 0 Å². The summed E-state index contributed by atoms with van der Waals surface area (Å²) in [6, 6.07) is 17.3. The van der Waals surface area contributed by atoms with Crippen LogP contribution in [0.15, 0.2) is 66.7 Å². The highest BCUT2D eigenvalue weighted by Crippen LogP contribution is 2.27. The van der Waals surface area contributed by atoms with E-state index in [1.165, 1.54) is 25.3 Å². The summed E-state index contributed by atoms with van der Waals surface area (Å²) in [5, 5.41) is 3.51. The summed E-state index contributed by atoms with van der Waals surface area (Å²) in [6.07, 6.45) is 0. The Morgan fingerprint density at radius 3 is 2.30 bits per heavy atom. The number of methoxy groups -OCH3 is 1. The lowest BCUT2D eigenvalue weighted by atomic mass is 10.2. The summed E-state index contributed by atoms with van der Waals surface area (Å²) in [4.78, 5) is 37.1. The van der Waals surface area contributed by atoms with Crippen LogP contribution in [0.2, 0.25) is 10.0 Å². The van der Waals surface area contributed by atoms with Gasteiger partial charge in [0, 0.05) is 21.7 Å². The van der Waals surface area contributed by atoms with Crippen LogP contribution in [0, 0.1) is 0 Å². The molecule has 8 nitrogen and oxygen atoms in total. The number of carbonyl (C=O) groups is 3. The van der Waals surface area contributed by atoms with E-state index in [9.17, 15) is 14.4 Å². The van der Waals surface area contributed by atoms with Gasteiger partial charge in [0.1, 0.15) is 11.5 Å². The lowest BCUT2D eigenvalue weighted by Crippen LogP contribution is -2.41. The molecular weight excluding hydrogens is 469 g/mol. The molecule has 0 saturated carbocycles. The first-order valence-corrected chi connectivity index (χ1v) is 10.3. The van der Waals surface area contributed by atoms with Crippen LogP contribution >= 0.6 is 23.2 Å². The van der Waals surface area contributed by atoms with Gasteiger partial charge in [0.25, 0.3) is 17.7 Å². The number of hydrogen-bond acceptors (Lipinski definition) is 5. The van der Waals surface area contributed by atoms with E-state index < -0.39 is 17.7 Å². The van der Waals surface area contributed by atoms with Crippen molar-refractivity contribution in [2.45, 2.75) is 0 Å². The average Bonchev–Trinajstić information content (AvgIpc) is 2.82. The molecule has 0 heterocycles. The molecule has 0 atom stereocenters. The van der Waals surface area contributed by atoms with Crippen LogP contribution < -0.4 is 25.6 Å². The number of halogens is 2. The van der Waals surface area contributed by atoms with Crippen LogP contribution in [0.5, 0.6) is 11.5 Å². The van der Waals surface area contributed by atoms with E-state index >= 15 is 0 Å². The molecular formula is C23H19Cl2N3O5. The molecule has 0 aliphatic rings. The Kier molecular flexibility index (Phi) is 8.12. The first kappa shape index (κ1) is 23.9. The van der Waals surface area contributed by atoms with Crippen LogP contribution in [0.3, 0.4) is 0 Å². The molecule has 3 amide bonds. The fourth-order valence-corrected chi connectivity index (χ4v) is 3.11. The third-order valence-electron chi connectivity index (χ3n) is 4.30. The first-order valence-electron chi connectivity index (χ1n) is 9.59. The molecule has 0 bridgehead atoms. The number of ether oxygens (including phenoxy) is 2. The van der Waals surface area contributed by atoms with Crippen molar-refractivity contribution in [3.8, 4) is 11.5 Å².